The van der Waals surface area contributed by atoms with Gasteiger partial charge in [-0.05, 0) is 30.3 Å². The van der Waals surface area contributed by atoms with E-state index in [1.165, 1.54) is 12.1 Å². The van der Waals surface area contributed by atoms with E-state index in [0.717, 1.165) is 6.07 Å². The first-order valence-corrected chi connectivity index (χ1v) is 6.28. The number of nitrogens with one attached hydrogen (secondary N) is 1. The fourth-order valence-electron chi connectivity index (χ4n) is 1.73. The Bertz CT molecular complexity index is 578. The monoisotopic (exact) mass is 298 g/mol. The lowest BCUT2D eigenvalue weighted by Crippen LogP contribution is -2.33. The van der Waals surface area contributed by atoms with Crippen LogP contribution in [-0.4, -0.2) is 6.61 Å². The smallest absolute Gasteiger partial charge is 0.163 e. The molecule has 0 saturated carbocycles. The van der Waals surface area contributed by atoms with Crippen molar-refractivity contribution in [2.24, 2.45) is 5.84 Å². The average molecular weight is 299 g/mol. The maximum absolute atomic E-state index is 13.7. The van der Waals surface area contributed by atoms with E-state index in [9.17, 15) is 8.78 Å². The minimum Gasteiger partial charge on any atom is -0.492 e. The van der Waals surface area contributed by atoms with Crippen molar-refractivity contribution in [1.82, 2.24) is 5.43 Å². The highest BCUT2D eigenvalue weighted by Crippen LogP contribution is 2.21. The van der Waals surface area contributed by atoms with Crippen molar-refractivity contribution in [3.63, 3.8) is 0 Å². The summed E-state index contributed by atoms with van der Waals surface area (Å²) >= 11 is 5.76. The number of halogens is 3. The molecule has 0 radical (unpaired) electrons. The first-order valence-electron chi connectivity index (χ1n) is 5.90. The Hall–Kier alpha value is -1.69. The van der Waals surface area contributed by atoms with Gasteiger partial charge in [0, 0.05) is 10.6 Å². The predicted octanol–water partition coefficient (Wildman–Crippen LogP) is 3.20. The van der Waals surface area contributed by atoms with Crippen LogP contribution in [0.25, 0.3) is 0 Å². The van der Waals surface area contributed by atoms with Gasteiger partial charge < -0.3 is 4.74 Å². The van der Waals surface area contributed by atoms with Gasteiger partial charge in [-0.15, -0.1) is 0 Å². The van der Waals surface area contributed by atoms with Crippen molar-refractivity contribution in [2.45, 2.75) is 6.04 Å². The zero-order chi connectivity index (χ0) is 14.5. The van der Waals surface area contributed by atoms with Crippen molar-refractivity contribution < 1.29 is 13.5 Å². The van der Waals surface area contributed by atoms with E-state index < -0.39 is 17.7 Å². The Morgan fingerprint density at radius 3 is 2.50 bits per heavy atom. The summed E-state index contributed by atoms with van der Waals surface area (Å²) in [7, 11) is 0. The summed E-state index contributed by atoms with van der Waals surface area (Å²) in [5.74, 6) is 4.08. The highest BCUT2D eigenvalue weighted by molar-refractivity contribution is 6.30. The fourth-order valence-corrected chi connectivity index (χ4v) is 1.85. The number of rotatable bonds is 5. The van der Waals surface area contributed by atoms with Gasteiger partial charge in [0.1, 0.15) is 12.4 Å². The quantitative estimate of drug-likeness (QED) is 0.658. The molecule has 0 aromatic heterocycles. The van der Waals surface area contributed by atoms with Gasteiger partial charge in [0.2, 0.25) is 0 Å². The molecule has 1 unspecified atom stereocenters. The lowest BCUT2D eigenvalue weighted by atomic mass is 10.1. The molecular formula is C14H13ClF2N2O. The second-order valence-corrected chi connectivity index (χ2v) is 4.56. The van der Waals surface area contributed by atoms with Crippen molar-refractivity contribution >= 4 is 11.6 Å². The van der Waals surface area contributed by atoms with Gasteiger partial charge in [-0.1, -0.05) is 23.7 Å². The van der Waals surface area contributed by atoms with Crippen molar-refractivity contribution in [3.05, 3.63) is 64.7 Å². The van der Waals surface area contributed by atoms with Crippen molar-refractivity contribution in [2.75, 3.05) is 6.61 Å². The Morgan fingerprint density at radius 1 is 1.15 bits per heavy atom. The summed E-state index contributed by atoms with van der Waals surface area (Å²) in [4.78, 5) is 0. The number of hydrogen-bond donors (Lipinski definition) is 2. The Kier molecular flexibility index (Phi) is 4.89. The number of benzene rings is 2. The van der Waals surface area contributed by atoms with E-state index in [0.29, 0.717) is 10.8 Å². The molecule has 0 aliphatic rings. The summed E-state index contributed by atoms with van der Waals surface area (Å²) in [5, 5.41) is 0.585. The molecule has 3 N–H and O–H groups in total. The van der Waals surface area contributed by atoms with Crippen LogP contribution >= 0.6 is 11.6 Å². The molecule has 1 atom stereocenters. The summed E-state index contributed by atoms with van der Waals surface area (Å²) in [6.45, 7) is 0.0541. The highest BCUT2D eigenvalue weighted by atomic mass is 35.5. The van der Waals surface area contributed by atoms with E-state index in [1.54, 1.807) is 24.3 Å². The Labute approximate surface area is 120 Å². The molecule has 2 aromatic carbocycles. The molecule has 0 saturated heterocycles. The third kappa shape index (κ3) is 3.45. The van der Waals surface area contributed by atoms with Crippen LogP contribution in [0.2, 0.25) is 5.02 Å². The van der Waals surface area contributed by atoms with E-state index in [1.807, 2.05) is 0 Å². The van der Waals surface area contributed by atoms with E-state index in [4.69, 9.17) is 22.2 Å². The summed E-state index contributed by atoms with van der Waals surface area (Å²) in [6.07, 6.45) is 0. The number of ether oxygens (including phenoxy) is 1. The predicted molar refractivity (Wildman–Crippen MR) is 73.4 cm³/mol. The Balaban J connectivity index is 2.09. The maximum Gasteiger partial charge on any atom is 0.163 e. The lowest BCUT2D eigenvalue weighted by Gasteiger charge is -2.18. The second-order valence-electron chi connectivity index (χ2n) is 4.13. The van der Waals surface area contributed by atoms with Gasteiger partial charge in [-0.2, -0.15) is 0 Å². The molecule has 0 aliphatic heterocycles. The topological polar surface area (TPSA) is 47.3 Å². The summed E-state index contributed by atoms with van der Waals surface area (Å²) in [6, 6.07) is 9.95. The van der Waals surface area contributed by atoms with Crippen LogP contribution in [0.1, 0.15) is 11.6 Å². The first kappa shape index (κ1) is 14.7. The maximum atomic E-state index is 13.7. The molecule has 0 aliphatic carbocycles. The number of nitrogens with two attached hydrogens (primary N) is 1. The lowest BCUT2D eigenvalue weighted by molar-refractivity contribution is 0.263. The second kappa shape index (κ2) is 6.65. The van der Waals surface area contributed by atoms with Gasteiger partial charge in [-0.3, -0.25) is 5.84 Å². The molecule has 0 amide bonds. The zero-order valence-electron chi connectivity index (χ0n) is 10.4. The standard InChI is InChI=1S/C14H13ClF2N2O/c15-9-4-6-10(7-5-9)20-8-13(19-18)11-2-1-3-12(16)14(11)17/h1-7,13,19H,8,18H2. The SMILES string of the molecule is NNC(COc1ccc(Cl)cc1)c1cccc(F)c1F. The normalized spacial score (nSPS) is 12.2. The van der Waals surface area contributed by atoms with Crippen LogP contribution in [0.3, 0.4) is 0 Å². The summed E-state index contributed by atoms with van der Waals surface area (Å²) in [5.41, 5.74) is 2.52. The highest BCUT2D eigenvalue weighted by Gasteiger charge is 2.17. The van der Waals surface area contributed by atoms with Gasteiger partial charge in [0.05, 0.1) is 6.04 Å². The van der Waals surface area contributed by atoms with Crippen LogP contribution in [0.5, 0.6) is 5.75 Å². The van der Waals surface area contributed by atoms with E-state index in [2.05, 4.69) is 5.43 Å². The molecule has 0 heterocycles. The summed E-state index contributed by atoms with van der Waals surface area (Å²) < 4.78 is 32.3. The zero-order valence-corrected chi connectivity index (χ0v) is 11.2. The molecule has 20 heavy (non-hydrogen) atoms. The van der Waals surface area contributed by atoms with Crippen LogP contribution in [-0.2, 0) is 0 Å². The van der Waals surface area contributed by atoms with Crippen LogP contribution in [0, 0.1) is 11.6 Å². The molecule has 2 aromatic rings. The average Bonchev–Trinajstić information content (AvgIpc) is 2.45. The van der Waals surface area contributed by atoms with Gasteiger partial charge in [0.25, 0.3) is 0 Å². The van der Waals surface area contributed by atoms with Gasteiger partial charge in [-0.25, -0.2) is 14.2 Å². The number of hydrogen-bond acceptors (Lipinski definition) is 3. The van der Waals surface area contributed by atoms with Crippen molar-refractivity contribution in [1.29, 1.82) is 0 Å². The molecule has 106 valence electrons. The fraction of sp³-hybridized carbons (Fsp3) is 0.143. The molecule has 6 heteroatoms. The van der Waals surface area contributed by atoms with Gasteiger partial charge in [0.15, 0.2) is 11.6 Å². The minimum atomic E-state index is -0.935. The van der Waals surface area contributed by atoms with Crippen LogP contribution in [0.15, 0.2) is 42.5 Å². The van der Waals surface area contributed by atoms with E-state index in [-0.39, 0.29) is 12.2 Å². The third-order valence-corrected chi connectivity index (χ3v) is 3.04. The number of hydrazine groups is 1. The van der Waals surface area contributed by atoms with Crippen molar-refractivity contribution in [3.8, 4) is 5.75 Å². The first-order chi connectivity index (χ1) is 9.61. The molecular weight excluding hydrogens is 286 g/mol. The molecule has 0 fully saturated rings. The van der Waals surface area contributed by atoms with Gasteiger partial charge >= 0.3 is 0 Å². The third-order valence-electron chi connectivity index (χ3n) is 2.79. The molecule has 3 nitrogen and oxygen atoms in total. The van der Waals surface area contributed by atoms with E-state index >= 15 is 0 Å². The van der Waals surface area contributed by atoms with Crippen LogP contribution < -0.4 is 16.0 Å². The molecule has 0 spiro atoms. The minimum absolute atomic E-state index is 0.0541. The Morgan fingerprint density at radius 2 is 1.85 bits per heavy atom. The van der Waals surface area contributed by atoms with Crippen LogP contribution in [0.4, 0.5) is 8.78 Å². The molecule has 0 bridgehead atoms. The molecule has 2 rings (SSSR count). The largest absolute Gasteiger partial charge is 0.492 e.